The number of nitrogens with zero attached hydrogens (tertiary/aromatic N) is 1. The summed E-state index contributed by atoms with van der Waals surface area (Å²) in [7, 11) is 0. The first-order chi connectivity index (χ1) is 9.47. The van der Waals surface area contributed by atoms with E-state index in [-0.39, 0.29) is 0 Å². The Labute approximate surface area is 123 Å². The summed E-state index contributed by atoms with van der Waals surface area (Å²) in [6.45, 7) is 11.8. The Balaban J connectivity index is 2.31. The first kappa shape index (κ1) is 16.6. The van der Waals surface area contributed by atoms with E-state index in [2.05, 4.69) is 57.0 Å². The Morgan fingerprint density at radius 2 is 1.90 bits per heavy atom. The summed E-state index contributed by atoms with van der Waals surface area (Å²) in [5.41, 5.74) is 6.07. The van der Waals surface area contributed by atoms with Gasteiger partial charge >= 0.3 is 0 Å². The molecular formula is C18H27NO. The van der Waals surface area contributed by atoms with Crippen molar-refractivity contribution in [2.75, 3.05) is 6.61 Å². The van der Waals surface area contributed by atoms with Gasteiger partial charge in [0.25, 0.3) is 0 Å². The van der Waals surface area contributed by atoms with Crippen molar-refractivity contribution in [3.05, 3.63) is 52.4 Å². The number of rotatable bonds is 7. The molecule has 0 aliphatic heterocycles. The molecule has 2 nitrogen and oxygen atoms in total. The molecule has 0 amide bonds. The van der Waals surface area contributed by atoms with Crippen LogP contribution in [0.15, 0.2) is 35.4 Å². The van der Waals surface area contributed by atoms with E-state index in [1.165, 1.54) is 16.7 Å². The summed E-state index contributed by atoms with van der Waals surface area (Å²) in [5, 5.41) is 0. The van der Waals surface area contributed by atoms with Gasteiger partial charge < -0.3 is 4.74 Å². The van der Waals surface area contributed by atoms with Crippen LogP contribution < -0.4 is 0 Å². The van der Waals surface area contributed by atoms with Crippen LogP contribution in [-0.4, -0.2) is 11.6 Å². The van der Waals surface area contributed by atoms with Gasteiger partial charge in [-0.15, -0.1) is 0 Å². The number of hydrogen-bond acceptors (Lipinski definition) is 2. The maximum Gasteiger partial charge on any atom is 0.0892 e. The van der Waals surface area contributed by atoms with Crippen LogP contribution in [-0.2, 0) is 11.3 Å². The van der Waals surface area contributed by atoms with Gasteiger partial charge in [-0.25, -0.2) is 0 Å². The van der Waals surface area contributed by atoms with Crippen LogP contribution in [0.2, 0.25) is 0 Å². The van der Waals surface area contributed by atoms with Gasteiger partial charge in [-0.3, -0.25) is 4.98 Å². The van der Waals surface area contributed by atoms with E-state index in [0.717, 1.165) is 24.2 Å². The number of pyridine rings is 1. The van der Waals surface area contributed by atoms with Crippen LogP contribution in [0.1, 0.15) is 50.6 Å². The number of allylic oxidation sites excluding steroid dienone is 3. The van der Waals surface area contributed by atoms with Crippen molar-refractivity contribution in [2.45, 2.75) is 54.1 Å². The van der Waals surface area contributed by atoms with Crippen molar-refractivity contribution < 1.29 is 4.74 Å². The third kappa shape index (κ3) is 7.25. The molecule has 0 N–H and O–H groups in total. The molecule has 0 fully saturated rings. The molecular weight excluding hydrogens is 246 g/mol. The normalized spacial score (nSPS) is 11.6. The minimum Gasteiger partial charge on any atom is -0.371 e. The Morgan fingerprint density at radius 1 is 1.15 bits per heavy atom. The van der Waals surface area contributed by atoms with E-state index >= 15 is 0 Å². The fraction of sp³-hybridized carbons (Fsp3) is 0.500. The summed E-state index contributed by atoms with van der Waals surface area (Å²) in [6, 6.07) is 4.16. The lowest BCUT2D eigenvalue weighted by Gasteiger charge is -2.05. The third-order valence-corrected chi connectivity index (χ3v) is 3.04. The minimum absolute atomic E-state index is 0.584. The largest absolute Gasteiger partial charge is 0.371 e. The molecule has 0 radical (unpaired) electrons. The van der Waals surface area contributed by atoms with E-state index in [0.29, 0.717) is 13.2 Å². The van der Waals surface area contributed by atoms with Crippen molar-refractivity contribution in [2.24, 2.45) is 0 Å². The fourth-order valence-electron chi connectivity index (χ4n) is 2.05. The second-order valence-corrected chi connectivity index (χ2v) is 5.66. The standard InChI is InChI=1S/C18H27NO/c1-14(2)7-6-8-15(3)9-10-20-13-18-12-16(4)11-17(5)19-18/h7,9,11-12H,6,8,10,13H2,1-5H3. The second-order valence-electron chi connectivity index (χ2n) is 5.66. The monoisotopic (exact) mass is 273 g/mol. The molecule has 0 atom stereocenters. The third-order valence-electron chi connectivity index (χ3n) is 3.04. The summed E-state index contributed by atoms with van der Waals surface area (Å²) < 4.78 is 5.67. The predicted octanol–water partition coefficient (Wildman–Crippen LogP) is 4.91. The second kappa shape index (κ2) is 8.70. The topological polar surface area (TPSA) is 22.1 Å². The smallest absolute Gasteiger partial charge is 0.0892 e. The molecule has 0 aromatic carbocycles. The zero-order valence-electron chi connectivity index (χ0n) is 13.5. The van der Waals surface area contributed by atoms with Crippen LogP contribution in [0.3, 0.4) is 0 Å². The van der Waals surface area contributed by atoms with Gasteiger partial charge in [0.05, 0.1) is 18.9 Å². The van der Waals surface area contributed by atoms with Gasteiger partial charge in [0.15, 0.2) is 0 Å². The Hall–Kier alpha value is -1.41. The minimum atomic E-state index is 0.584. The molecule has 0 saturated heterocycles. The van der Waals surface area contributed by atoms with E-state index < -0.39 is 0 Å². The average molecular weight is 273 g/mol. The molecule has 20 heavy (non-hydrogen) atoms. The van der Waals surface area contributed by atoms with Gasteiger partial charge in [0, 0.05) is 5.69 Å². The zero-order chi connectivity index (χ0) is 15.0. The highest BCUT2D eigenvalue weighted by molar-refractivity contribution is 5.18. The Kier molecular flexibility index (Phi) is 7.24. The molecule has 0 unspecified atom stereocenters. The summed E-state index contributed by atoms with van der Waals surface area (Å²) in [6.07, 6.45) is 6.67. The molecule has 1 aromatic heterocycles. The fourth-order valence-corrected chi connectivity index (χ4v) is 2.05. The van der Waals surface area contributed by atoms with Crippen LogP contribution >= 0.6 is 0 Å². The molecule has 1 rings (SSSR count). The number of ether oxygens (including phenoxy) is 1. The van der Waals surface area contributed by atoms with Crippen molar-refractivity contribution in [1.29, 1.82) is 0 Å². The highest BCUT2D eigenvalue weighted by Crippen LogP contribution is 2.08. The van der Waals surface area contributed by atoms with Gasteiger partial charge in [-0.1, -0.05) is 23.3 Å². The van der Waals surface area contributed by atoms with Crippen molar-refractivity contribution in [1.82, 2.24) is 4.98 Å². The molecule has 1 heterocycles. The van der Waals surface area contributed by atoms with E-state index in [9.17, 15) is 0 Å². The lowest BCUT2D eigenvalue weighted by atomic mass is 10.1. The molecule has 0 aliphatic rings. The zero-order valence-corrected chi connectivity index (χ0v) is 13.5. The van der Waals surface area contributed by atoms with Gasteiger partial charge in [-0.2, -0.15) is 0 Å². The lowest BCUT2D eigenvalue weighted by molar-refractivity contribution is 0.145. The summed E-state index contributed by atoms with van der Waals surface area (Å²) in [5.74, 6) is 0. The molecule has 110 valence electrons. The predicted molar refractivity (Wildman–Crippen MR) is 85.8 cm³/mol. The van der Waals surface area contributed by atoms with E-state index in [1.54, 1.807) is 0 Å². The highest BCUT2D eigenvalue weighted by atomic mass is 16.5. The summed E-state index contributed by atoms with van der Waals surface area (Å²) in [4.78, 5) is 4.47. The SMILES string of the molecule is CC(C)=CCCC(C)=CCOCc1cc(C)cc(C)n1. The van der Waals surface area contributed by atoms with Crippen molar-refractivity contribution >= 4 is 0 Å². The lowest BCUT2D eigenvalue weighted by Crippen LogP contribution is -1.98. The quantitative estimate of drug-likeness (QED) is 0.520. The van der Waals surface area contributed by atoms with Crippen LogP contribution in [0.5, 0.6) is 0 Å². The molecule has 0 saturated carbocycles. The van der Waals surface area contributed by atoms with Crippen LogP contribution in [0.4, 0.5) is 0 Å². The molecule has 1 aromatic rings. The Bertz CT molecular complexity index is 462. The van der Waals surface area contributed by atoms with E-state index in [1.807, 2.05) is 6.92 Å². The molecule has 0 bridgehead atoms. The molecule has 2 heteroatoms. The first-order valence-corrected chi connectivity index (χ1v) is 7.28. The van der Waals surface area contributed by atoms with Gasteiger partial charge in [0.2, 0.25) is 0 Å². The summed E-state index contributed by atoms with van der Waals surface area (Å²) >= 11 is 0. The van der Waals surface area contributed by atoms with E-state index in [4.69, 9.17) is 4.74 Å². The van der Waals surface area contributed by atoms with Crippen molar-refractivity contribution in [3.8, 4) is 0 Å². The van der Waals surface area contributed by atoms with Crippen LogP contribution in [0, 0.1) is 13.8 Å². The number of hydrogen-bond donors (Lipinski definition) is 0. The van der Waals surface area contributed by atoms with Gasteiger partial charge in [0.1, 0.15) is 0 Å². The van der Waals surface area contributed by atoms with Crippen LogP contribution in [0.25, 0.3) is 0 Å². The maximum atomic E-state index is 5.67. The molecule has 0 spiro atoms. The Morgan fingerprint density at radius 3 is 2.55 bits per heavy atom. The van der Waals surface area contributed by atoms with Gasteiger partial charge in [-0.05, 0) is 65.2 Å². The number of aromatic nitrogens is 1. The average Bonchev–Trinajstić information content (AvgIpc) is 2.33. The first-order valence-electron chi connectivity index (χ1n) is 7.28. The maximum absolute atomic E-state index is 5.67. The highest BCUT2D eigenvalue weighted by Gasteiger charge is 1.97. The number of aryl methyl sites for hydroxylation is 2. The molecule has 0 aliphatic carbocycles. The van der Waals surface area contributed by atoms with Crippen molar-refractivity contribution in [3.63, 3.8) is 0 Å².